The first kappa shape index (κ1) is 15.0. The zero-order valence-electron chi connectivity index (χ0n) is 11.8. The molecular weight excluding hydrogens is 305 g/mol. The van der Waals surface area contributed by atoms with Gasteiger partial charge in [0.2, 0.25) is 0 Å². The van der Waals surface area contributed by atoms with Crippen LogP contribution in [0, 0.1) is 17.7 Å². The van der Waals surface area contributed by atoms with Crippen LogP contribution in [0.2, 0.25) is 0 Å². The maximum Gasteiger partial charge on any atom is 0.137 e. The Labute approximate surface area is 124 Å². The topological polar surface area (TPSA) is 12.0 Å². The lowest BCUT2D eigenvalue weighted by Crippen LogP contribution is -2.31. The summed E-state index contributed by atoms with van der Waals surface area (Å²) in [5, 5.41) is 3.56. The third-order valence-electron chi connectivity index (χ3n) is 4.19. The zero-order chi connectivity index (χ0) is 13.8. The van der Waals surface area contributed by atoms with Crippen LogP contribution in [-0.2, 0) is 0 Å². The predicted octanol–water partition coefficient (Wildman–Crippen LogP) is 5.07. The fraction of sp³-hybridized carbons (Fsp3) is 0.625. The van der Waals surface area contributed by atoms with E-state index >= 15 is 0 Å². The third kappa shape index (κ3) is 3.57. The lowest BCUT2D eigenvalue weighted by Gasteiger charge is -2.34. The minimum Gasteiger partial charge on any atom is -0.310 e. The molecule has 1 aliphatic carbocycles. The predicted molar refractivity (Wildman–Crippen MR) is 81.6 cm³/mol. The molecule has 1 N–H and O–H groups in total. The highest BCUT2D eigenvalue weighted by Crippen LogP contribution is 2.39. The highest BCUT2D eigenvalue weighted by Gasteiger charge is 2.28. The number of hydrogen-bond donors (Lipinski definition) is 1. The van der Waals surface area contributed by atoms with Crippen molar-refractivity contribution in [2.45, 2.75) is 45.6 Å². The largest absolute Gasteiger partial charge is 0.310 e. The van der Waals surface area contributed by atoms with Gasteiger partial charge in [0.15, 0.2) is 0 Å². The van der Waals surface area contributed by atoms with E-state index in [2.05, 4.69) is 35.1 Å². The van der Waals surface area contributed by atoms with Gasteiger partial charge in [-0.3, -0.25) is 0 Å². The Kier molecular flexibility index (Phi) is 5.40. The molecule has 1 saturated carbocycles. The molecule has 0 heterocycles. The van der Waals surface area contributed by atoms with Crippen LogP contribution in [0.3, 0.4) is 0 Å². The van der Waals surface area contributed by atoms with E-state index in [9.17, 15) is 4.39 Å². The Morgan fingerprint density at radius 1 is 1.42 bits per heavy atom. The average Bonchev–Trinajstić information content (AvgIpc) is 2.40. The van der Waals surface area contributed by atoms with Gasteiger partial charge < -0.3 is 5.32 Å². The van der Waals surface area contributed by atoms with Crippen LogP contribution in [0.4, 0.5) is 4.39 Å². The first-order valence-corrected chi connectivity index (χ1v) is 8.10. The summed E-state index contributed by atoms with van der Waals surface area (Å²) >= 11 is 3.42. The van der Waals surface area contributed by atoms with Crippen molar-refractivity contribution in [1.29, 1.82) is 0 Å². The molecule has 1 nitrogen and oxygen atoms in total. The van der Waals surface area contributed by atoms with Gasteiger partial charge in [-0.25, -0.2) is 4.39 Å². The molecular formula is C16H23BrFN. The fourth-order valence-electron chi connectivity index (χ4n) is 3.29. The molecule has 3 heteroatoms. The van der Waals surface area contributed by atoms with Crippen molar-refractivity contribution in [2.24, 2.45) is 11.8 Å². The molecule has 0 aliphatic heterocycles. The van der Waals surface area contributed by atoms with Crippen LogP contribution in [0.25, 0.3) is 0 Å². The van der Waals surface area contributed by atoms with E-state index in [1.54, 1.807) is 0 Å². The normalized spacial score (nSPS) is 25.3. The van der Waals surface area contributed by atoms with E-state index in [-0.39, 0.29) is 11.9 Å². The van der Waals surface area contributed by atoms with Gasteiger partial charge in [0.25, 0.3) is 0 Å². The van der Waals surface area contributed by atoms with Crippen LogP contribution in [0.1, 0.15) is 51.1 Å². The van der Waals surface area contributed by atoms with Crippen molar-refractivity contribution < 1.29 is 4.39 Å². The quantitative estimate of drug-likeness (QED) is 0.814. The molecule has 3 unspecified atom stereocenters. The molecule has 2 rings (SSSR count). The van der Waals surface area contributed by atoms with Crippen molar-refractivity contribution in [3.05, 3.63) is 34.1 Å². The lowest BCUT2D eigenvalue weighted by atomic mass is 9.76. The van der Waals surface area contributed by atoms with Crippen LogP contribution < -0.4 is 5.32 Å². The van der Waals surface area contributed by atoms with E-state index < -0.39 is 0 Å². The van der Waals surface area contributed by atoms with E-state index in [1.807, 2.05) is 12.1 Å². The van der Waals surface area contributed by atoms with Crippen LogP contribution in [-0.4, -0.2) is 6.54 Å². The molecule has 1 aromatic carbocycles. The molecule has 0 amide bonds. The van der Waals surface area contributed by atoms with Crippen molar-refractivity contribution in [3.8, 4) is 0 Å². The SMILES string of the molecule is CCNC(c1cccc(F)c1Br)C1CCCC(C)C1. The second kappa shape index (κ2) is 6.85. The summed E-state index contributed by atoms with van der Waals surface area (Å²) in [4.78, 5) is 0. The van der Waals surface area contributed by atoms with E-state index in [0.29, 0.717) is 10.4 Å². The first-order chi connectivity index (χ1) is 9.13. The van der Waals surface area contributed by atoms with Crippen molar-refractivity contribution in [3.63, 3.8) is 0 Å². The molecule has 1 aromatic rings. The smallest absolute Gasteiger partial charge is 0.137 e. The summed E-state index contributed by atoms with van der Waals surface area (Å²) in [5.41, 5.74) is 1.07. The van der Waals surface area contributed by atoms with E-state index in [1.165, 1.54) is 31.7 Å². The van der Waals surface area contributed by atoms with Crippen molar-refractivity contribution >= 4 is 15.9 Å². The number of halogens is 2. The molecule has 1 fully saturated rings. The van der Waals surface area contributed by atoms with Gasteiger partial charge in [0, 0.05) is 6.04 Å². The monoisotopic (exact) mass is 327 g/mol. The molecule has 0 saturated heterocycles. The highest BCUT2D eigenvalue weighted by atomic mass is 79.9. The maximum atomic E-state index is 13.7. The van der Waals surface area contributed by atoms with Gasteiger partial charge in [0.1, 0.15) is 5.82 Å². The summed E-state index contributed by atoms with van der Waals surface area (Å²) in [5.74, 6) is 1.23. The van der Waals surface area contributed by atoms with Gasteiger partial charge in [-0.05, 0) is 58.8 Å². The zero-order valence-corrected chi connectivity index (χ0v) is 13.3. The summed E-state index contributed by atoms with van der Waals surface area (Å²) < 4.78 is 14.4. The number of rotatable bonds is 4. The van der Waals surface area contributed by atoms with Gasteiger partial charge >= 0.3 is 0 Å². The molecule has 0 bridgehead atoms. The Morgan fingerprint density at radius 2 is 2.21 bits per heavy atom. The minimum atomic E-state index is -0.163. The maximum absolute atomic E-state index is 13.7. The minimum absolute atomic E-state index is 0.163. The first-order valence-electron chi connectivity index (χ1n) is 7.30. The Balaban J connectivity index is 2.26. The molecule has 0 aromatic heterocycles. The molecule has 19 heavy (non-hydrogen) atoms. The van der Waals surface area contributed by atoms with Gasteiger partial charge in [-0.1, -0.05) is 38.8 Å². The van der Waals surface area contributed by atoms with Gasteiger partial charge in [0.05, 0.1) is 4.47 Å². The molecule has 3 atom stereocenters. The standard InChI is InChI=1S/C16H23BrFN/c1-3-19-16(12-7-4-6-11(2)10-12)13-8-5-9-14(18)15(13)17/h5,8-9,11-12,16,19H,3-4,6-7,10H2,1-2H3. The summed E-state index contributed by atoms with van der Waals surface area (Å²) in [6.07, 6.45) is 5.10. The molecule has 106 valence electrons. The molecule has 0 spiro atoms. The van der Waals surface area contributed by atoms with Crippen LogP contribution in [0.15, 0.2) is 22.7 Å². The second-order valence-electron chi connectivity index (χ2n) is 5.71. The summed E-state index contributed by atoms with van der Waals surface area (Å²) in [7, 11) is 0. The van der Waals surface area contributed by atoms with E-state index in [4.69, 9.17) is 0 Å². The number of hydrogen-bond acceptors (Lipinski definition) is 1. The summed E-state index contributed by atoms with van der Waals surface area (Å²) in [6, 6.07) is 5.63. The van der Waals surface area contributed by atoms with E-state index in [0.717, 1.165) is 18.0 Å². The van der Waals surface area contributed by atoms with Crippen LogP contribution in [0.5, 0.6) is 0 Å². The van der Waals surface area contributed by atoms with Gasteiger partial charge in [-0.2, -0.15) is 0 Å². The Morgan fingerprint density at radius 3 is 2.89 bits per heavy atom. The highest BCUT2D eigenvalue weighted by molar-refractivity contribution is 9.10. The molecule has 1 aliphatic rings. The Hall–Kier alpha value is -0.410. The number of benzene rings is 1. The average molecular weight is 328 g/mol. The second-order valence-corrected chi connectivity index (χ2v) is 6.50. The third-order valence-corrected chi connectivity index (χ3v) is 5.03. The molecule has 0 radical (unpaired) electrons. The van der Waals surface area contributed by atoms with Crippen LogP contribution >= 0.6 is 15.9 Å². The van der Waals surface area contributed by atoms with Crippen molar-refractivity contribution in [2.75, 3.05) is 6.54 Å². The summed E-state index contributed by atoms with van der Waals surface area (Å²) in [6.45, 7) is 5.36. The number of nitrogens with one attached hydrogen (secondary N) is 1. The Bertz CT molecular complexity index is 421. The van der Waals surface area contributed by atoms with Gasteiger partial charge in [-0.15, -0.1) is 0 Å². The lowest BCUT2D eigenvalue weighted by molar-refractivity contribution is 0.224. The fourth-order valence-corrected chi connectivity index (χ4v) is 3.81. The van der Waals surface area contributed by atoms with Crippen molar-refractivity contribution in [1.82, 2.24) is 5.32 Å².